The van der Waals surface area contributed by atoms with Crippen molar-refractivity contribution in [3.63, 3.8) is 0 Å². The summed E-state index contributed by atoms with van der Waals surface area (Å²) in [5.41, 5.74) is 3.80. The second kappa shape index (κ2) is 9.19. The molecule has 1 N–H and O–H groups in total. The molecule has 0 spiro atoms. The lowest BCUT2D eigenvalue weighted by Gasteiger charge is -2.36. The van der Waals surface area contributed by atoms with Crippen LogP contribution in [0.2, 0.25) is 0 Å². The van der Waals surface area contributed by atoms with Crippen molar-refractivity contribution >= 4 is 29.0 Å². The van der Waals surface area contributed by atoms with E-state index < -0.39 is 0 Å². The molecule has 1 aromatic carbocycles. The molecule has 7 heteroatoms. The third-order valence-electron chi connectivity index (χ3n) is 4.63. The topological polar surface area (TPSA) is 61.4 Å². The summed E-state index contributed by atoms with van der Waals surface area (Å²) in [5, 5.41) is 3.71. The second-order valence-electron chi connectivity index (χ2n) is 6.71. The standard InChI is InChI=1S/C20H27N5OS/c1-4-24-9-11-25(12-10-24)18-8-6-5-7-17(18)23-19(26)14-27-20-21-15(2)13-16(3)22-20/h5-8,13H,4,9-12,14H2,1-3H3,(H,23,26). The number of carbonyl (C=O) groups is 1. The second-order valence-corrected chi connectivity index (χ2v) is 7.65. The molecule has 1 amide bonds. The van der Waals surface area contributed by atoms with Gasteiger partial charge in [-0.1, -0.05) is 30.8 Å². The van der Waals surface area contributed by atoms with Crippen LogP contribution in [0.5, 0.6) is 0 Å². The Morgan fingerprint density at radius 3 is 2.44 bits per heavy atom. The van der Waals surface area contributed by atoms with Crippen molar-refractivity contribution in [3.8, 4) is 0 Å². The van der Waals surface area contributed by atoms with Crippen LogP contribution in [0.4, 0.5) is 11.4 Å². The fourth-order valence-electron chi connectivity index (χ4n) is 3.23. The van der Waals surface area contributed by atoms with Crippen LogP contribution in [-0.4, -0.2) is 59.3 Å². The van der Waals surface area contributed by atoms with Gasteiger partial charge in [0.2, 0.25) is 5.91 Å². The van der Waals surface area contributed by atoms with E-state index in [0.717, 1.165) is 55.5 Å². The van der Waals surface area contributed by atoms with E-state index >= 15 is 0 Å². The number of para-hydroxylation sites is 2. The average Bonchev–Trinajstić information content (AvgIpc) is 2.66. The molecule has 0 saturated carbocycles. The van der Waals surface area contributed by atoms with Crippen LogP contribution < -0.4 is 10.2 Å². The minimum atomic E-state index is -0.0394. The predicted octanol–water partition coefficient (Wildman–Crippen LogP) is 2.97. The summed E-state index contributed by atoms with van der Waals surface area (Å²) in [6, 6.07) is 9.96. The van der Waals surface area contributed by atoms with E-state index in [2.05, 4.69) is 38.1 Å². The zero-order valence-corrected chi connectivity index (χ0v) is 17.1. The monoisotopic (exact) mass is 385 g/mol. The van der Waals surface area contributed by atoms with Gasteiger partial charge in [-0.15, -0.1) is 0 Å². The molecule has 3 rings (SSSR count). The molecule has 0 aliphatic carbocycles. The van der Waals surface area contributed by atoms with E-state index in [4.69, 9.17) is 0 Å². The summed E-state index contributed by atoms with van der Waals surface area (Å²) in [6.45, 7) is 11.2. The third-order valence-corrected chi connectivity index (χ3v) is 5.48. The first-order valence-corrected chi connectivity index (χ1v) is 10.3. The summed E-state index contributed by atoms with van der Waals surface area (Å²) in [5.74, 6) is 0.253. The van der Waals surface area contributed by atoms with Crippen molar-refractivity contribution < 1.29 is 4.79 Å². The fraction of sp³-hybridized carbons (Fsp3) is 0.450. The quantitative estimate of drug-likeness (QED) is 0.609. The number of rotatable bonds is 6. The summed E-state index contributed by atoms with van der Waals surface area (Å²) in [7, 11) is 0. The number of aromatic nitrogens is 2. The van der Waals surface area contributed by atoms with Crippen molar-refractivity contribution in [2.24, 2.45) is 0 Å². The van der Waals surface area contributed by atoms with E-state index in [0.29, 0.717) is 10.9 Å². The van der Waals surface area contributed by atoms with E-state index in [9.17, 15) is 4.79 Å². The molecule has 1 aliphatic heterocycles. The van der Waals surface area contributed by atoms with Gasteiger partial charge in [-0.25, -0.2) is 9.97 Å². The van der Waals surface area contributed by atoms with Gasteiger partial charge in [0.05, 0.1) is 17.1 Å². The van der Waals surface area contributed by atoms with Gasteiger partial charge >= 0.3 is 0 Å². The van der Waals surface area contributed by atoms with Gasteiger partial charge in [-0.3, -0.25) is 4.79 Å². The Hall–Kier alpha value is -2.12. The molecule has 27 heavy (non-hydrogen) atoms. The molecular weight excluding hydrogens is 358 g/mol. The van der Waals surface area contributed by atoms with Crippen LogP contribution in [0.15, 0.2) is 35.5 Å². The van der Waals surface area contributed by atoms with E-state index in [1.165, 1.54) is 11.8 Å². The number of hydrogen-bond donors (Lipinski definition) is 1. The van der Waals surface area contributed by atoms with Crippen molar-refractivity contribution in [3.05, 3.63) is 41.7 Å². The van der Waals surface area contributed by atoms with Gasteiger partial charge in [-0.05, 0) is 38.6 Å². The predicted molar refractivity (Wildman–Crippen MR) is 112 cm³/mol. The molecular formula is C20H27N5OS. The Kier molecular flexibility index (Phi) is 6.68. The lowest BCUT2D eigenvalue weighted by molar-refractivity contribution is -0.113. The van der Waals surface area contributed by atoms with Crippen molar-refractivity contribution in [2.45, 2.75) is 25.9 Å². The number of piperazine rings is 1. The van der Waals surface area contributed by atoms with Crippen LogP contribution in [0, 0.1) is 13.8 Å². The molecule has 1 fully saturated rings. The van der Waals surface area contributed by atoms with Gasteiger partial charge in [0.15, 0.2) is 5.16 Å². The molecule has 0 bridgehead atoms. The molecule has 2 heterocycles. The van der Waals surface area contributed by atoms with Crippen LogP contribution in [0.3, 0.4) is 0 Å². The van der Waals surface area contributed by atoms with Crippen molar-refractivity contribution in [1.29, 1.82) is 0 Å². The molecule has 1 saturated heterocycles. The highest BCUT2D eigenvalue weighted by Crippen LogP contribution is 2.27. The number of nitrogens with zero attached hydrogens (tertiary/aromatic N) is 4. The van der Waals surface area contributed by atoms with Gasteiger partial charge in [0, 0.05) is 37.6 Å². The smallest absolute Gasteiger partial charge is 0.234 e. The van der Waals surface area contributed by atoms with Crippen LogP contribution in [0.1, 0.15) is 18.3 Å². The van der Waals surface area contributed by atoms with Gasteiger partial charge < -0.3 is 15.1 Å². The minimum absolute atomic E-state index is 0.0394. The van der Waals surface area contributed by atoms with E-state index in [1.54, 1.807) is 0 Å². The maximum atomic E-state index is 12.5. The van der Waals surface area contributed by atoms with Gasteiger partial charge in [-0.2, -0.15) is 0 Å². The Morgan fingerprint density at radius 1 is 1.11 bits per heavy atom. The van der Waals surface area contributed by atoms with Crippen LogP contribution in [0.25, 0.3) is 0 Å². The SMILES string of the molecule is CCN1CCN(c2ccccc2NC(=O)CSc2nc(C)cc(C)n2)CC1. The number of likely N-dealkylation sites (N-methyl/N-ethyl adjacent to an activating group) is 1. The average molecular weight is 386 g/mol. The first-order valence-electron chi connectivity index (χ1n) is 9.36. The maximum absolute atomic E-state index is 12.5. The van der Waals surface area contributed by atoms with Gasteiger partial charge in [0.1, 0.15) is 0 Å². The Balaban J connectivity index is 1.61. The van der Waals surface area contributed by atoms with E-state index in [-0.39, 0.29) is 5.91 Å². The number of hydrogen-bond acceptors (Lipinski definition) is 6. The molecule has 144 valence electrons. The molecule has 0 unspecified atom stereocenters. The molecule has 0 atom stereocenters. The molecule has 2 aromatic rings. The Labute approximate surface area is 165 Å². The summed E-state index contributed by atoms with van der Waals surface area (Å²) < 4.78 is 0. The third kappa shape index (κ3) is 5.43. The lowest BCUT2D eigenvalue weighted by atomic mass is 10.2. The number of amides is 1. The zero-order chi connectivity index (χ0) is 19.2. The minimum Gasteiger partial charge on any atom is -0.367 e. The normalized spacial score (nSPS) is 15.0. The highest BCUT2D eigenvalue weighted by molar-refractivity contribution is 7.99. The molecule has 1 aliphatic rings. The van der Waals surface area contributed by atoms with Crippen LogP contribution >= 0.6 is 11.8 Å². The first kappa shape index (κ1) is 19.6. The van der Waals surface area contributed by atoms with Crippen molar-refractivity contribution in [2.75, 3.05) is 48.7 Å². The fourth-order valence-corrected chi connectivity index (χ4v) is 3.98. The first-order chi connectivity index (χ1) is 13.0. The summed E-state index contributed by atoms with van der Waals surface area (Å²) in [6.07, 6.45) is 0. The molecule has 1 aromatic heterocycles. The number of benzene rings is 1. The Bertz CT molecular complexity index is 769. The Morgan fingerprint density at radius 2 is 1.78 bits per heavy atom. The summed E-state index contributed by atoms with van der Waals surface area (Å²) in [4.78, 5) is 26.0. The molecule has 6 nitrogen and oxygen atoms in total. The van der Waals surface area contributed by atoms with Crippen molar-refractivity contribution in [1.82, 2.24) is 14.9 Å². The number of nitrogens with one attached hydrogen (secondary N) is 1. The highest BCUT2D eigenvalue weighted by atomic mass is 32.2. The van der Waals surface area contributed by atoms with Gasteiger partial charge in [0.25, 0.3) is 0 Å². The zero-order valence-electron chi connectivity index (χ0n) is 16.2. The largest absolute Gasteiger partial charge is 0.367 e. The summed E-state index contributed by atoms with van der Waals surface area (Å²) >= 11 is 1.37. The number of aryl methyl sites for hydroxylation is 2. The number of anilines is 2. The highest BCUT2D eigenvalue weighted by Gasteiger charge is 2.18. The maximum Gasteiger partial charge on any atom is 0.234 e. The number of carbonyl (C=O) groups excluding carboxylic acids is 1. The lowest BCUT2D eigenvalue weighted by Crippen LogP contribution is -2.46. The number of thioether (sulfide) groups is 1. The van der Waals surface area contributed by atoms with E-state index in [1.807, 2.05) is 38.1 Å². The van der Waals surface area contributed by atoms with Crippen LogP contribution in [-0.2, 0) is 4.79 Å². The molecule has 0 radical (unpaired) electrons.